The van der Waals surface area contributed by atoms with E-state index in [-0.39, 0.29) is 17.1 Å². The summed E-state index contributed by atoms with van der Waals surface area (Å²) in [5.74, 6) is 0.832. The Morgan fingerprint density at radius 1 is 1.06 bits per heavy atom. The van der Waals surface area contributed by atoms with E-state index in [0.717, 1.165) is 40.7 Å². The van der Waals surface area contributed by atoms with E-state index in [9.17, 15) is 4.79 Å². The van der Waals surface area contributed by atoms with Crippen LogP contribution in [0, 0.1) is 13.8 Å². The van der Waals surface area contributed by atoms with Gasteiger partial charge in [0.15, 0.2) is 5.82 Å². The summed E-state index contributed by atoms with van der Waals surface area (Å²) in [5, 5.41) is 13.9. The minimum atomic E-state index is -0.208. The number of hydrogen-bond donors (Lipinski definition) is 1. The lowest BCUT2D eigenvalue weighted by Crippen LogP contribution is -2.36. The maximum Gasteiger partial charge on any atom is 0.252 e. The van der Waals surface area contributed by atoms with Gasteiger partial charge in [-0.3, -0.25) is 9.69 Å². The quantitative estimate of drug-likeness (QED) is 0.351. The van der Waals surface area contributed by atoms with Crippen molar-refractivity contribution in [1.29, 1.82) is 0 Å². The van der Waals surface area contributed by atoms with Gasteiger partial charge in [-0.15, -0.1) is 5.10 Å². The molecule has 7 nitrogen and oxygen atoms in total. The number of tetrazole rings is 1. The van der Waals surface area contributed by atoms with E-state index in [2.05, 4.69) is 91.2 Å². The van der Waals surface area contributed by atoms with Crippen LogP contribution in [0.5, 0.6) is 0 Å². The van der Waals surface area contributed by atoms with Gasteiger partial charge in [-0.05, 0) is 79.1 Å². The number of aromatic amines is 1. The van der Waals surface area contributed by atoms with Crippen LogP contribution in [-0.2, 0) is 18.6 Å². The molecule has 35 heavy (non-hydrogen) atoms. The molecule has 0 bridgehead atoms. The second kappa shape index (κ2) is 10.1. The molecule has 0 saturated carbocycles. The van der Waals surface area contributed by atoms with Crippen molar-refractivity contribution in [2.45, 2.75) is 79.1 Å². The van der Waals surface area contributed by atoms with Crippen molar-refractivity contribution < 1.29 is 0 Å². The molecule has 0 aliphatic heterocycles. The van der Waals surface area contributed by atoms with Gasteiger partial charge in [0.1, 0.15) is 0 Å². The molecule has 1 atom stereocenters. The number of pyridine rings is 1. The van der Waals surface area contributed by atoms with Crippen LogP contribution in [0.1, 0.15) is 74.7 Å². The molecule has 0 aliphatic rings. The largest absolute Gasteiger partial charge is 0.321 e. The van der Waals surface area contributed by atoms with Crippen molar-refractivity contribution in [3.8, 4) is 0 Å². The molecule has 2 heterocycles. The number of rotatable bonds is 9. The first-order valence-electron chi connectivity index (χ1n) is 12.4. The zero-order valence-electron chi connectivity index (χ0n) is 21.7. The molecule has 2 aromatic carbocycles. The Kier molecular flexibility index (Phi) is 7.17. The number of nitrogens with zero attached hydrogens (tertiary/aromatic N) is 5. The van der Waals surface area contributed by atoms with Crippen LogP contribution >= 0.6 is 0 Å². The van der Waals surface area contributed by atoms with Gasteiger partial charge in [0.25, 0.3) is 5.56 Å². The molecule has 1 unspecified atom stereocenters. The Morgan fingerprint density at radius 2 is 1.80 bits per heavy atom. The van der Waals surface area contributed by atoms with Gasteiger partial charge in [0, 0.05) is 18.7 Å². The Bertz CT molecular complexity index is 1360. The Hall–Kier alpha value is -3.32. The smallest absolute Gasteiger partial charge is 0.252 e. The molecule has 4 aromatic rings. The lowest BCUT2D eigenvalue weighted by molar-refractivity contribution is 0.150. The average Bonchev–Trinajstić information content (AvgIpc) is 3.34. The molecular weight excluding hydrogens is 436 g/mol. The second-order valence-electron chi connectivity index (χ2n) is 10.0. The molecule has 4 rings (SSSR count). The molecule has 7 heteroatoms. The maximum absolute atomic E-state index is 13.2. The summed E-state index contributed by atoms with van der Waals surface area (Å²) in [7, 11) is 0. The molecule has 2 aromatic heterocycles. The summed E-state index contributed by atoms with van der Waals surface area (Å²) in [6.45, 7) is 13.9. The maximum atomic E-state index is 13.2. The van der Waals surface area contributed by atoms with Crippen molar-refractivity contribution in [2.24, 2.45) is 0 Å². The highest BCUT2D eigenvalue weighted by atomic mass is 16.1. The Balaban J connectivity index is 1.78. The monoisotopic (exact) mass is 472 g/mol. The number of aryl methyl sites for hydroxylation is 2. The zero-order valence-corrected chi connectivity index (χ0v) is 21.7. The van der Waals surface area contributed by atoms with E-state index in [4.69, 9.17) is 0 Å². The van der Waals surface area contributed by atoms with E-state index in [1.54, 1.807) is 0 Å². The highest BCUT2D eigenvalue weighted by Gasteiger charge is 2.31. The fourth-order valence-corrected chi connectivity index (χ4v) is 4.59. The Morgan fingerprint density at radius 3 is 2.49 bits per heavy atom. The molecular formula is C28H36N6O. The minimum absolute atomic E-state index is 0.0485. The summed E-state index contributed by atoms with van der Waals surface area (Å²) in [4.78, 5) is 18.7. The van der Waals surface area contributed by atoms with Gasteiger partial charge in [-0.2, -0.15) is 0 Å². The van der Waals surface area contributed by atoms with E-state index in [0.29, 0.717) is 13.1 Å². The van der Waals surface area contributed by atoms with Crippen LogP contribution in [0.2, 0.25) is 0 Å². The van der Waals surface area contributed by atoms with E-state index < -0.39 is 0 Å². The summed E-state index contributed by atoms with van der Waals surface area (Å²) in [5.41, 5.74) is 4.86. The summed E-state index contributed by atoms with van der Waals surface area (Å²) in [6.07, 6.45) is 1.72. The van der Waals surface area contributed by atoms with Crippen molar-refractivity contribution in [3.05, 3.63) is 87.0 Å². The van der Waals surface area contributed by atoms with Gasteiger partial charge in [0.05, 0.1) is 17.1 Å². The number of benzene rings is 2. The highest BCUT2D eigenvalue weighted by Crippen LogP contribution is 2.30. The number of H-pyrrole nitrogens is 1. The van der Waals surface area contributed by atoms with Crippen molar-refractivity contribution >= 4 is 10.9 Å². The lowest BCUT2D eigenvalue weighted by atomic mass is 10.0. The SMILES string of the molecule is CCC(c1nnnn1C(C)(C)CC)N(Cc1ccccc1)Cc1cc2ccc(C)c(C)c2[nH]c1=O. The third-order valence-corrected chi connectivity index (χ3v) is 7.29. The standard InChI is InChI=1S/C28H36N6O/c1-7-24(26-30-31-32-34(26)28(5,6)8-2)33(17-21-12-10-9-11-13-21)18-23-16-22-15-14-19(3)20(4)25(22)29-27(23)35/h9-16,24H,7-8,17-18H2,1-6H3,(H,29,35). The predicted octanol–water partition coefficient (Wildman–Crippen LogP) is 5.43. The number of fused-ring (bicyclic) bond motifs is 1. The zero-order chi connectivity index (χ0) is 25.2. The third kappa shape index (κ3) is 5.05. The van der Waals surface area contributed by atoms with Gasteiger partial charge >= 0.3 is 0 Å². The second-order valence-corrected chi connectivity index (χ2v) is 10.0. The van der Waals surface area contributed by atoms with Crippen LogP contribution < -0.4 is 5.56 Å². The van der Waals surface area contributed by atoms with Crippen molar-refractivity contribution in [1.82, 2.24) is 30.1 Å². The third-order valence-electron chi connectivity index (χ3n) is 7.29. The summed E-state index contributed by atoms with van der Waals surface area (Å²) >= 11 is 0. The first-order valence-corrected chi connectivity index (χ1v) is 12.4. The fraction of sp³-hybridized carbons (Fsp3) is 0.429. The topological polar surface area (TPSA) is 79.7 Å². The lowest BCUT2D eigenvalue weighted by Gasteiger charge is -2.33. The summed E-state index contributed by atoms with van der Waals surface area (Å²) in [6, 6.07) is 16.5. The van der Waals surface area contributed by atoms with Crippen LogP contribution in [0.15, 0.2) is 53.3 Å². The van der Waals surface area contributed by atoms with E-state index in [1.165, 1.54) is 11.1 Å². The van der Waals surface area contributed by atoms with Crippen LogP contribution in [0.4, 0.5) is 0 Å². The molecule has 1 N–H and O–H groups in total. The van der Waals surface area contributed by atoms with Crippen LogP contribution in [-0.4, -0.2) is 30.1 Å². The molecule has 0 fully saturated rings. The molecule has 184 valence electrons. The molecule has 0 amide bonds. The van der Waals surface area contributed by atoms with E-state index in [1.807, 2.05) is 28.9 Å². The first-order chi connectivity index (χ1) is 16.7. The van der Waals surface area contributed by atoms with Gasteiger partial charge in [-0.25, -0.2) is 4.68 Å². The summed E-state index contributed by atoms with van der Waals surface area (Å²) < 4.78 is 1.95. The fourth-order valence-electron chi connectivity index (χ4n) is 4.59. The molecule has 0 aliphatic carbocycles. The minimum Gasteiger partial charge on any atom is -0.321 e. The van der Waals surface area contributed by atoms with Crippen molar-refractivity contribution in [3.63, 3.8) is 0 Å². The first kappa shape index (κ1) is 24.8. The molecule has 0 spiro atoms. The van der Waals surface area contributed by atoms with Crippen molar-refractivity contribution in [2.75, 3.05) is 0 Å². The normalized spacial score (nSPS) is 13.0. The average molecular weight is 473 g/mol. The van der Waals surface area contributed by atoms with Gasteiger partial charge in [-0.1, -0.05) is 56.3 Å². The van der Waals surface area contributed by atoms with Gasteiger partial charge in [0.2, 0.25) is 0 Å². The predicted molar refractivity (Wildman–Crippen MR) is 140 cm³/mol. The van der Waals surface area contributed by atoms with Crippen LogP contribution in [0.3, 0.4) is 0 Å². The molecule has 0 radical (unpaired) electrons. The van der Waals surface area contributed by atoms with Gasteiger partial charge < -0.3 is 4.98 Å². The number of aromatic nitrogens is 5. The molecule has 0 saturated heterocycles. The van der Waals surface area contributed by atoms with Crippen LogP contribution in [0.25, 0.3) is 10.9 Å². The number of hydrogen-bond acceptors (Lipinski definition) is 5. The van der Waals surface area contributed by atoms with E-state index >= 15 is 0 Å². The highest BCUT2D eigenvalue weighted by molar-refractivity contribution is 5.83. The number of nitrogens with one attached hydrogen (secondary N) is 1. The Labute approximate surface area is 207 Å².